The molecule has 0 saturated heterocycles. The summed E-state index contributed by atoms with van der Waals surface area (Å²) in [5.41, 5.74) is 5.68. The summed E-state index contributed by atoms with van der Waals surface area (Å²) in [7, 11) is 0. The zero-order chi connectivity index (χ0) is 13.6. The second-order valence-corrected chi connectivity index (χ2v) is 5.45. The SMILES string of the molecule is C(=C1CCC1)/C(=C/c1ccccc1)Cc1ccccc1. The van der Waals surface area contributed by atoms with E-state index in [-0.39, 0.29) is 0 Å². The minimum Gasteiger partial charge on any atom is -0.0699 e. The van der Waals surface area contributed by atoms with Gasteiger partial charge in [-0.25, -0.2) is 0 Å². The summed E-state index contributed by atoms with van der Waals surface area (Å²) in [4.78, 5) is 0. The van der Waals surface area contributed by atoms with Gasteiger partial charge in [-0.05, 0) is 42.4 Å². The van der Waals surface area contributed by atoms with Gasteiger partial charge in [0.1, 0.15) is 0 Å². The predicted octanol–water partition coefficient (Wildman–Crippen LogP) is 5.42. The van der Waals surface area contributed by atoms with Gasteiger partial charge >= 0.3 is 0 Å². The van der Waals surface area contributed by atoms with Crippen molar-refractivity contribution in [2.45, 2.75) is 25.7 Å². The fourth-order valence-electron chi connectivity index (χ4n) is 2.53. The first-order valence-electron chi connectivity index (χ1n) is 7.39. The van der Waals surface area contributed by atoms with Crippen LogP contribution in [-0.4, -0.2) is 0 Å². The van der Waals surface area contributed by atoms with Gasteiger partial charge < -0.3 is 0 Å². The third kappa shape index (κ3) is 3.48. The van der Waals surface area contributed by atoms with Gasteiger partial charge in [-0.3, -0.25) is 0 Å². The van der Waals surface area contributed by atoms with Crippen LogP contribution in [-0.2, 0) is 6.42 Å². The van der Waals surface area contributed by atoms with Gasteiger partial charge in [0.2, 0.25) is 0 Å². The van der Waals surface area contributed by atoms with Gasteiger partial charge in [0.25, 0.3) is 0 Å². The Morgan fingerprint density at radius 2 is 1.50 bits per heavy atom. The fourth-order valence-corrected chi connectivity index (χ4v) is 2.53. The second kappa shape index (κ2) is 6.38. The van der Waals surface area contributed by atoms with Gasteiger partial charge in [0, 0.05) is 0 Å². The molecule has 1 saturated carbocycles. The first-order chi connectivity index (χ1) is 9.90. The highest BCUT2D eigenvalue weighted by atomic mass is 14.1. The highest BCUT2D eigenvalue weighted by molar-refractivity contribution is 5.57. The van der Waals surface area contributed by atoms with Crippen molar-refractivity contribution in [1.29, 1.82) is 0 Å². The topological polar surface area (TPSA) is 0 Å². The van der Waals surface area contributed by atoms with E-state index in [1.807, 2.05) is 0 Å². The van der Waals surface area contributed by atoms with Crippen LogP contribution in [0.3, 0.4) is 0 Å². The lowest BCUT2D eigenvalue weighted by atomic mass is 9.89. The largest absolute Gasteiger partial charge is 0.0699 e. The normalized spacial score (nSPS) is 14.8. The molecule has 0 atom stereocenters. The Hall–Kier alpha value is -2.08. The Bertz CT molecular complexity index is 597. The van der Waals surface area contributed by atoms with Crippen LogP contribution >= 0.6 is 0 Å². The van der Waals surface area contributed by atoms with E-state index >= 15 is 0 Å². The highest BCUT2D eigenvalue weighted by Gasteiger charge is 2.09. The van der Waals surface area contributed by atoms with Crippen LogP contribution in [0.2, 0.25) is 0 Å². The minimum atomic E-state index is 1.01. The van der Waals surface area contributed by atoms with E-state index in [0.29, 0.717) is 0 Å². The van der Waals surface area contributed by atoms with Crippen LogP contribution in [0, 0.1) is 0 Å². The molecule has 0 radical (unpaired) electrons. The molecule has 1 aliphatic rings. The molecule has 0 N–H and O–H groups in total. The van der Waals surface area contributed by atoms with E-state index in [1.165, 1.54) is 36.0 Å². The maximum atomic E-state index is 2.41. The summed E-state index contributed by atoms with van der Waals surface area (Å²) >= 11 is 0. The first kappa shape index (κ1) is 12.9. The molecule has 2 aromatic rings. The maximum Gasteiger partial charge on any atom is -0.00256 e. The molecule has 0 nitrogen and oxygen atoms in total. The summed E-state index contributed by atoms with van der Waals surface area (Å²) in [5.74, 6) is 0. The molecule has 100 valence electrons. The van der Waals surface area contributed by atoms with Gasteiger partial charge in [0.05, 0.1) is 0 Å². The van der Waals surface area contributed by atoms with Gasteiger partial charge in [-0.2, -0.15) is 0 Å². The van der Waals surface area contributed by atoms with Crippen molar-refractivity contribution in [1.82, 2.24) is 0 Å². The van der Waals surface area contributed by atoms with Gasteiger partial charge in [-0.15, -0.1) is 0 Å². The van der Waals surface area contributed by atoms with Crippen molar-refractivity contribution < 1.29 is 0 Å². The lowest BCUT2D eigenvalue weighted by Gasteiger charge is -2.17. The second-order valence-electron chi connectivity index (χ2n) is 5.45. The fraction of sp³-hybridized carbons (Fsp3) is 0.200. The number of rotatable bonds is 4. The van der Waals surface area contributed by atoms with Crippen molar-refractivity contribution in [3.05, 3.63) is 89.0 Å². The number of allylic oxidation sites excluding steroid dienone is 3. The van der Waals surface area contributed by atoms with E-state index in [0.717, 1.165) is 6.42 Å². The lowest BCUT2D eigenvalue weighted by molar-refractivity contribution is 0.661. The average molecular weight is 260 g/mol. The smallest absolute Gasteiger partial charge is 0.00256 e. The molecule has 2 aromatic carbocycles. The molecule has 0 aliphatic heterocycles. The molecule has 0 spiro atoms. The molecule has 20 heavy (non-hydrogen) atoms. The molecular weight excluding hydrogens is 240 g/mol. The quantitative estimate of drug-likeness (QED) is 0.688. The highest BCUT2D eigenvalue weighted by Crippen LogP contribution is 2.28. The van der Waals surface area contributed by atoms with Crippen molar-refractivity contribution in [2.24, 2.45) is 0 Å². The first-order valence-corrected chi connectivity index (χ1v) is 7.39. The average Bonchev–Trinajstić information content (AvgIpc) is 2.45. The van der Waals surface area contributed by atoms with Crippen LogP contribution in [0.5, 0.6) is 0 Å². The van der Waals surface area contributed by atoms with Crippen LogP contribution in [0.25, 0.3) is 6.08 Å². The van der Waals surface area contributed by atoms with E-state index in [2.05, 4.69) is 72.8 Å². The van der Waals surface area contributed by atoms with Crippen LogP contribution in [0.1, 0.15) is 30.4 Å². The van der Waals surface area contributed by atoms with Crippen LogP contribution < -0.4 is 0 Å². The Morgan fingerprint density at radius 3 is 2.10 bits per heavy atom. The Kier molecular flexibility index (Phi) is 4.13. The van der Waals surface area contributed by atoms with E-state index in [1.54, 1.807) is 5.57 Å². The van der Waals surface area contributed by atoms with E-state index < -0.39 is 0 Å². The van der Waals surface area contributed by atoms with Gasteiger partial charge in [0.15, 0.2) is 0 Å². The summed E-state index contributed by atoms with van der Waals surface area (Å²) in [6, 6.07) is 21.3. The number of hydrogen-bond acceptors (Lipinski definition) is 0. The molecule has 0 amide bonds. The summed E-state index contributed by atoms with van der Waals surface area (Å²) in [6.45, 7) is 0. The van der Waals surface area contributed by atoms with Crippen molar-refractivity contribution in [2.75, 3.05) is 0 Å². The summed E-state index contributed by atoms with van der Waals surface area (Å²) in [6.07, 6.45) is 9.65. The minimum absolute atomic E-state index is 1.01. The van der Waals surface area contributed by atoms with Crippen molar-refractivity contribution in [3.8, 4) is 0 Å². The van der Waals surface area contributed by atoms with Crippen LogP contribution in [0.15, 0.2) is 77.9 Å². The predicted molar refractivity (Wildman–Crippen MR) is 86.5 cm³/mol. The Labute approximate surface area is 121 Å². The third-order valence-electron chi connectivity index (χ3n) is 3.79. The van der Waals surface area contributed by atoms with E-state index in [4.69, 9.17) is 0 Å². The molecule has 3 rings (SSSR count). The number of hydrogen-bond donors (Lipinski definition) is 0. The molecule has 0 heterocycles. The zero-order valence-electron chi connectivity index (χ0n) is 11.8. The Balaban J connectivity index is 1.86. The van der Waals surface area contributed by atoms with Crippen molar-refractivity contribution in [3.63, 3.8) is 0 Å². The summed E-state index contributed by atoms with van der Waals surface area (Å²) in [5, 5.41) is 0. The zero-order valence-corrected chi connectivity index (χ0v) is 11.8. The Morgan fingerprint density at radius 1 is 0.850 bits per heavy atom. The molecular formula is C20H20. The monoisotopic (exact) mass is 260 g/mol. The van der Waals surface area contributed by atoms with Crippen LogP contribution in [0.4, 0.5) is 0 Å². The standard InChI is InChI=1S/C20H20/c1-3-8-17(9-4-1)14-20(16-19-12-7-13-19)15-18-10-5-2-6-11-18/h1-6,8-11,14,16H,7,12-13,15H2/b20-14+. The van der Waals surface area contributed by atoms with Crippen molar-refractivity contribution >= 4 is 6.08 Å². The lowest BCUT2D eigenvalue weighted by Crippen LogP contribution is -1.98. The molecule has 1 fully saturated rings. The summed E-state index contributed by atoms with van der Waals surface area (Å²) < 4.78 is 0. The molecule has 0 bridgehead atoms. The molecule has 0 unspecified atom stereocenters. The van der Waals surface area contributed by atoms with Gasteiger partial charge in [-0.1, -0.05) is 78.4 Å². The molecule has 1 aliphatic carbocycles. The molecule has 0 heteroatoms. The third-order valence-corrected chi connectivity index (χ3v) is 3.79. The number of benzene rings is 2. The maximum absolute atomic E-state index is 2.41. The van der Waals surface area contributed by atoms with E-state index in [9.17, 15) is 0 Å². The molecule has 0 aromatic heterocycles.